The van der Waals surface area contributed by atoms with Crippen molar-refractivity contribution in [3.8, 4) is 0 Å². The molecule has 0 spiro atoms. The second-order valence-corrected chi connectivity index (χ2v) is 5.55. The van der Waals surface area contributed by atoms with Crippen LogP contribution in [0.15, 0.2) is 12.1 Å². The largest absolute Gasteiger partial charge is 0.282 e. The summed E-state index contributed by atoms with van der Waals surface area (Å²) in [6, 6.07) is 3.13. The molecule has 1 rings (SSSR count). The lowest BCUT2D eigenvalue weighted by atomic mass is 10.2. The molecule has 0 unspecified atom stereocenters. The third-order valence-electron chi connectivity index (χ3n) is 1.54. The summed E-state index contributed by atoms with van der Waals surface area (Å²) in [6.07, 6.45) is 1.07. The molecule has 14 heavy (non-hydrogen) atoms. The lowest BCUT2D eigenvalue weighted by Gasteiger charge is -2.09. The predicted molar refractivity (Wildman–Crippen MR) is 59.7 cm³/mol. The average molecular weight is 254 g/mol. The highest BCUT2D eigenvalue weighted by molar-refractivity contribution is 7.92. The lowest BCUT2D eigenvalue weighted by Crippen LogP contribution is -2.11. The number of aryl methyl sites for hydroxylation is 1. The Bertz CT molecular complexity index is 433. The van der Waals surface area contributed by atoms with E-state index in [0.717, 1.165) is 6.26 Å². The maximum absolute atomic E-state index is 11.0. The molecule has 0 aromatic heterocycles. The van der Waals surface area contributed by atoms with Crippen molar-refractivity contribution in [2.24, 2.45) is 0 Å². The van der Waals surface area contributed by atoms with Crippen molar-refractivity contribution in [1.29, 1.82) is 0 Å². The van der Waals surface area contributed by atoms with Crippen LogP contribution in [0.3, 0.4) is 0 Å². The first kappa shape index (κ1) is 11.6. The highest BCUT2D eigenvalue weighted by Crippen LogP contribution is 2.30. The van der Waals surface area contributed by atoms with Gasteiger partial charge in [-0.3, -0.25) is 4.72 Å². The second kappa shape index (κ2) is 3.96. The second-order valence-electron chi connectivity index (χ2n) is 2.95. The molecule has 0 aliphatic carbocycles. The Kier molecular flexibility index (Phi) is 3.29. The SMILES string of the molecule is Cc1cc(Cl)cc(Cl)c1NS(C)(=O)=O. The minimum atomic E-state index is -3.31. The molecule has 0 radical (unpaired) electrons. The Balaban J connectivity index is 3.22. The number of sulfonamides is 1. The molecule has 0 atom stereocenters. The highest BCUT2D eigenvalue weighted by atomic mass is 35.5. The van der Waals surface area contributed by atoms with Crippen molar-refractivity contribution in [2.75, 3.05) is 11.0 Å². The molecular formula is C8H9Cl2NO2S. The van der Waals surface area contributed by atoms with Crippen molar-refractivity contribution in [2.45, 2.75) is 6.92 Å². The Morgan fingerprint density at radius 2 is 1.86 bits per heavy atom. The van der Waals surface area contributed by atoms with Crippen molar-refractivity contribution >= 4 is 38.9 Å². The van der Waals surface area contributed by atoms with E-state index in [0.29, 0.717) is 21.3 Å². The maximum Gasteiger partial charge on any atom is 0.229 e. The number of anilines is 1. The standard InChI is InChI=1S/C8H9Cl2NO2S/c1-5-3-6(9)4-7(10)8(5)11-14(2,12)13/h3-4,11H,1-2H3. The van der Waals surface area contributed by atoms with Crippen molar-refractivity contribution < 1.29 is 8.42 Å². The summed E-state index contributed by atoms with van der Waals surface area (Å²) >= 11 is 11.6. The molecule has 0 aliphatic rings. The van der Waals surface area contributed by atoms with Gasteiger partial charge in [0, 0.05) is 5.02 Å². The van der Waals surface area contributed by atoms with E-state index in [1.807, 2.05) is 0 Å². The van der Waals surface area contributed by atoms with E-state index in [1.54, 1.807) is 13.0 Å². The van der Waals surface area contributed by atoms with E-state index in [9.17, 15) is 8.42 Å². The normalized spacial score (nSPS) is 11.4. The minimum Gasteiger partial charge on any atom is -0.282 e. The van der Waals surface area contributed by atoms with Gasteiger partial charge in [0.05, 0.1) is 17.0 Å². The number of hydrogen-bond acceptors (Lipinski definition) is 2. The van der Waals surface area contributed by atoms with E-state index in [-0.39, 0.29) is 0 Å². The zero-order valence-electron chi connectivity index (χ0n) is 7.64. The minimum absolute atomic E-state index is 0.292. The Morgan fingerprint density at radius 1 is 1.29 bits per heavy atom. The summed E-state index contributed by atoms with van der Waals surface area (Å²) in [5, 5.41) is 0.770. The highest BCUT2D eigenvalue weighted by Gasteiger charge is 2.09. The fraction of sp³-hybridized carbons (Fsp3) is 0.250. The number of halogens is 2. The Labute approximate surface area is 93.1 Å². The third kappa shape index (κ3) is 3.04. The van der Waals surface area contributed by atoms with Gasteiger partial charge in [-0.15, -0.1) is 0 Å². The zero-order chi connectivity index (χ0) is 10.9. The van der Waals surface area contributed by atoms with Crippen LogP contribution in [-0.2, 0) is 10.0 Å². The van der Waals surface area contributed by atoms with E-state index < -0.39 is 10.0 Å². The third-order valence-corrected chi connectivity index (χ3v) is 2.63. The van der Waals surface area contributed by atoms with Crippen molar-refractivity contribution in [3.63, 3.8) is 0 Å². The monoisotopic (exact) mass is 253 g/mol. The number of nitrogens with one attached hydrogen (secondary N) is 1. The molecule has 3 nitrogen and oxygen atoms in total. The lowest BCUT2D eigenvalue weighted by molar-refractivity contribution is 0.607. The summed E-state index contributed by atoms with van der Waals surface area (Å²) in [5.74, 6) is 0. The summed E-state index contributed by atoms with van der Waals surface area (Å²) in [4.78, 5) is 0. The summed E-state index contributed by atoms with van der Waals surface area (Å²) in [6.45, 7) is 1.73. The molecule has 1 N–H and O–H groups in total. The van der Waals surface area contributed by atoms with Crippen LogP contribution < -0.4 is 4.72 Å². The Hall–Kier alpha value is -0.450. The molecule has 1 aromatic carbocycles. The zero-order valence-corrected chi connectivity index (χ0v) is 9.96. The van der Waals surface area contributed by atoms with Gasteiger partial charge in [-0.25, -0.2) is 8.42 Å². The average Bonchev–Trinajstić information content (AvgIpc) is 1.95. The fourth-order valence-electron chi connectivity index (χ4n) is 1.02. The molecule has 1 aromatic rings. The fourth-order valence-corrected chi connectivity index (χ4v) is 2.36. The molecule has 0 saturated heterocycles. The van der Waals surface area contributed by atoms with E-state index >= 15 is 0 Å². The predicted octanol–water partition coefficient (Wildman–Crippen LogP) is 2.67. The molecule has 0 fully saturated rings. The van der Waals surface area contributed by atoms with Gasteiger partial charge in [0.2, 0.25) is 10.0 Å². The molecule has 6 heteroatoms. The van der Waals surface area contributed by atoms with Crippen LogP contribution in [0.1, 0.15) is 5.56 Å². The molecule has 0 amide bonds. The topological polar surface area (TPSA) is 46.2 Å². The number of hydrogen-bond donors (Lipinski definition) is 1. The van der Waals surface area contributed by atoms with Gasteiger partial charge in [0.15, 0.2) is 0 Å². The van der Waals surface area contributed by atoms with Gasteiger partial charge in [-0.1, -0.05) is 23.2 Å². The first-order valence-electron chi connectivity index (χ1n) is 3.73. The van der Waals surface area contributed by atoms with Crippen LogP contribution in [0, 0.1) is 6.92 Å². The summed E-state index contributed by atoms with van der Waals surface area (Å²) in [5.41, 5.74) is 1.06. The number of rotatable bonds is 2. The molecule has 0 heterocycles. The Morgan fingerprint density at radius 3 is 2.29 bits per heavy atom. The number of benzene rings is 1. The van der Waals surface area contributed by atoms with Gasteiger partial charge in [0.25, 0.3) is 0 Å². The molecule has 0 saturated carbocycles. The van der Waals surface area contributed by atoms with Gasteiger partial charge in [-0.2, -0.15) is 0 Å². The van der Waals surface area contributed by atoms with E-state index in [1.165, 1.54) is 6.07 Å². The quantitative estimate of drug-likeness (QED) is 0.881. The summed E-state index contributed by atoms with van der Waals surface area (Å²) in [7, 11) is -3.31. The summed E-state index contributed by atoms with van der Waals surface area (Å²) < 4.78 is 24.3. The van der Waals surface area contributed by atoms with Crippen LogP contribution in [-0.4, -0.2) is 14.7 Å². The van der Waals surface area contributed by atoms with Crippen LogP contribution in [0.5, 0.6) is 0 Å². The van der Waals surface area contributed by atoms with Gasteiger partial charge >= 0.3 is 0 Å². The van der Waals surface area contributed by atoms with Crippen LogP contribution in [0.2, 0.25) is 10.0 Å². The van der Waals surface area contributed by atoms with Gasteiger partial charge < -0.3 is 0 Å². The van der Waals surface area contributed by atoms with Crippen molar-refractivity contribution in [3.05, 3.63) is 27.7 Å². The maximum atomic E-state index is 11.0. The first-order chi connectivity index (χ1) is 6.29. The molecule has 78 valence electrons. The molecular weight excluding hydrogens is 245 g/mol. The van der Waals surface area contributed by atoms with Crippen molar-refractivity contribution in [1.82, 2.24) is 0 Å². The first-order valence-corrected chi connectivity index (χ1v) is 6.38. The van der Waals surface area contributed by atoms with Crippen LogP contribution in [0.4, 0.5) is 5.69 Å². The van der Waals surface area contributed by atoms with E-state index in [2.05, 4.69) is 4.72 Å². The van der Waals surface area contributed by atoms with Gasteiger partial charge in [0.1, 0.15) is 0 Å². The van der Waals surface area contributed by atoms with Crippen LogP contribution in [0.25, 0.3) is 0 Å². The molecule has 0 bridgehead atoms. The smallest absolute Gasteiger partial charge is 0.229 e. The van der Waals surface area contributed by atoms with Gasteiger partial charge in [-0.05, 0) is 24.6 Å². The molecule has 0 aliphatic heterocycles. The van der Waals surface area contributed by atoms with E-state index in [4.69, 9.17) is 23.2 Å². The van der Waals surface area contributed by atoms with Crippen LogP contribution >= 0.6 is 23.2 Å².